The third-order valence-corrected chi connectivity index (χ3v) is 3.55. The predicted molar refractivity (Wildman–Crippen MR) is 88.4 cm³/mol. The summed E-state index contributed by atoms with van der Waals surface area (Å²) in [6, 6.07) is 4.98. The second-order valence-electron chi connectivity index (χ2n) is 6.69. The highest BCUT2D eigenvalue weighted by molar-refractivity contribution is 5.98. The molecule has 132 valence electrons. The highest BCUT2D eigenvalue weighted by Crippen LogP contribution is 2.35. The van der Waals surface area contributed by atoms with E-state index in [1.165, 1.54) is 0 Å². The first-order valence-corrected chi connectivity index (χ1v) is 7.81. The van der Waals surface area contributed by atoms with E-state index in [1.54, 1.807) is 50.9 Å². The van der Waals surface area contributed by atoms with Crippen LogP contribution in [0.15, 0.2) is 18.2 Å². The minimum Gasteiger partial charge on any atom is -0.454 e. The zero-order valence-electron chi connectivity index (χ0n) is 14.7. The first kappa shape index (κ1) is 17.9. The average Bonchev–Trinajstić information content (AvgIpc) is 2.97. The molecule has 24 heavy (non-hydrogen) atoms. The third-order valence-electron chi connectivity index (χ3n) is 3.55. The van der Waals surface area contributed by atoms with E-state index in [0.717, 1.165) is 0 Å². The van der Waals surface area contributed by atoms with Gasteiger partial charge in [-0.3, -0.25) is 4.79 Å². The number of benzene rings is 1. The number of ether oxygens (including phenoxy) is 3. The third kappa shape index (κ3) is 4.31. The maximum Gasteiger partial charge on any atom is 0.407 e. The van der Waals surface area contributed by atoms with Gasteiger partial charge in [-0.25, -0.2) is 4.79 Å². The Morgan fingerprint density at radius 1 is 1.33 bits per heavy atom. The summed E-state index contributed by atoms with van der Waals surface area (Å²) in [5, 5.41) is 2.67. The Hall–Kier alpha value is -2.44. The van der Waals surface area contributed by atoms with E-state index in [2.05, 4.69) is 5.32 Å². The van der Waals surface area contributed by atoms with E-state index in [4.69, 9.17) is 14.2 Å². The van der Waals surface area contributed by atoms with Crippen LogP contribution in [0.1, 0.15) is 38.1 Å². The van der Waals surface area contributed by atoms with Crippen molar-refractivity contribution in [1.29, 1.82) is 0 Å². The van der Waals surface area contributed by atoms with Gasteiger partial charge in [-0.1, -0.05) is 6.07 Å². The molecule has 7 nitrogen and oxygen atoms in total. The summed E-state index contributed by atoms with van der Waals surface area (Å²) in [5.74, 6) is 0.825. The molecule has 2 rings (SSSR count). The molecule has 0 bridgehead atoms. The lowest BCUT2D eigenvalue weighted by atomic mass is 10.1. The fraction of sp³-hybridized carbons (Fsp3) is 0.529. The Kier molecular flexibility index (Phi) is 5.21. The van der Waals surface area contributed by atoms with Crippen molar-refractivity contribution >= 4 is 12.0 Å². The van der Waals surface area contributed by atoms with Gasteiger partial charge in [0, 0.05) is 19.6 Å². The molecular formula is C17H24N2O5. The lowest BCUT2D eigenvalue weighted by Crippen LogP contribution is -2.44. The van der Waals surface area contributed by atoms with Crippen LogP contribution in [0.4, 0.5) is 4.79 Å². The molecule has 1 aromatic carbocycles. The van der Waals surface area contributed by atoms with Crippen LogP contribution in [0.2, 0.25) is 0 Å². The van der Waals surface area contributed by atoms with Gasteiger partial charge in [0.05, 0.1) is 5.56 Å². The average molecular weight is 336 g/mol. The number of carbonyl (C=O) groups is 2. The Morgan fingerprint density at radius 2 is 2.04 bits per heavy atom. The van der Waals surface area contributed by atoms with Crippen molar-refractivity contribution < 1.29 is 23.8 Å². The molecule has 0 spiro atoms. The fourth-order valence-electron chi connectivity index (χ4n) is 2.17. The van der Waals surface area contributed by atoms with Gasteiger partial charge in [0.25, 0.3) is 5.91 Å². The number of alkyl carbamates (subject to hydrolysis) is 1. The van der Waals surface area contributed by atoms with Crippen LogP contribution in [0.25, 0.3) is 0 Å². The van der Waals surface area contributed by atoms with Crippen molar-refractivity contribution in [3.63, 3.8) is 0 Å². The summed E-state index contributed by atoms with van der Waals surface area (Å²) in [7, 11) is 1.68. The van der Waals surface area contributed by atoms with E-state index in [9.17, 15) is 9.59 Å². The minimum atomic E-state index is -0.559. The second-order valence-corrected chi connectivity index (χ2v) is 6.69. The first-order chi connectivity index (χ1) is 11.2. The Labute approximate surface area is 141 Å². The fourth-order valence-corrected chi connectivity index (χ4v) is 2.17. The lowest BCUT2D eigenvalue weighted by molar-refractivity contribution is 0.0501. The van der Waals surface area contributed by atoms with Gasteiger partial charge in [-0.05, 0) is 39.8 Å². The quantitative estimate of drug-likeness (QED) is 0.913. The molecular weight excluding hydrogens is 312 g/mol. The molecule has 0 aliphatic carbocycles. The van der Waals surface area contributed by atoms with Gasteiger partial charge in [-0.2, -0.15) is 0 Å². The van der Waals surface area contributed by atoms with Crippen LogP contribution in [-0.2, 0) is 4.74 Å². The second kappa shape index (κ2) is 6.98. The van der Waals surface area contributed by atoms with Gasteiger partial charge in [0.1, 0.15) is 5.60 Å². The summed E-state index contributed by atoms with van der Waals surface area (Å²) >= 11 is 0. The number of para-hydroxylation sites is 1. The molecule has 1 atom stereocenters. The number of carbonyl (C=O) groups excluding carboxylic acids is 2. The van der Waals surface area contributed by atoms with E-state index < -0.39 is 11.7 Å². The minimum absolute atomic E-state index is 0.110. The first-order valence-electron chi connectivity index (χ1n) is 7.81. The summed E-state index contributed by atoms with van der Waals surface area (Å²) in [4.78, 5) is 25.9. The Bertz CT molecular complexity index is 624. The number of nitrogens with zero attached hydrogens (tertiary/aromatic N) is 1. The van der Waals surface area contributed by atoms with E-state index in [0.29, 0.717) is 17.1 Å². The molecule has 0 radical (unpaired) electrons. The Morgan fingerprint density at radius 3 is 2.71 bits per heavy atom. The van der Waals surface area contributed by atoms with Crippen LogP contribution < -0.4 is 14.8 Å². The maximum atomic E-state index is 12.7. The molecule has 2 amide bonds. The topological polar surface area (TPSA) is 77.1 Å². The van der Waals surface area contributed by atoms with E-state index in [1.807, 2.05) is 6.92 Å². The summed E-state index contributed by atoms with van der Waals surface area (Å²) in [5.41, 5.74) is -0.117. The van der Waals surface area contributed by atoms with Gasteiger partial charge < -0.3 is 24.4 Å². The molecule has 0 saturated heterocycles. The molecule has 1 N–H and O–H groups in total. The monoisotopic (exact) mass is 336 g/mol. The molecule has 1 aliphatic rings. The zero-order valence-corrected chi connectivity index (χ0v) is 14.7. The highest BCUT2D eigenvalue weighted by atomic mass is 16.7. The molecule has 1 heterocycles. The van der Waals surface area contributed by atoms with E-state index >= 15 is 0 Å². The van der Waals surface area contributed by atoms with Crippen molar-refractivity contribution in [2.45, 2.75) is 39.3 Å². The van der Waals surface area contributed by atoms with Gasteiger partial charge >= 0.3 is 6.09 Å². The van der Waals surface area contributed by atoms with Crippen LogP contribution in [0.3, 0.4) is 0 Å². The molecule has 1 aromatic rings. The summed E-state index contributed by atoms with van der Waals surface area (Å²) < 4.78 is 15.8. The van der Waals surface area contributed by atoms with Crippen molar-refractivity contribution in [1.82, 2.24) is 10.2 Å². The van der Waals surface area contributed by atoms with Gasteiger partial charge in [0.15, 0.2) is 11.5 Å². The van der Waals surface area contributed by atoms with Crippen molar-refractivity contribution in [3.05, 3.63) is 23.8 Å². The number of hydrogen-bond donors (Lipinski definition) is 1. The van der Waals surface area contributed by atoms with Gasteiger partial charge in [-0.15, -0.1) is 0 Å². The maximum absolute atomic E-state index is 12.7. The van der Waals surface area contributed by atoms with Crippen molar-refractivity contribution in [2.75, 3.05) is 20.4 Å². The lowest BCUT2D eigenvalue weighted by Gasteiger charge is -2.26. The van der Waals surface area contributed by atoms with Crippen molar-refractivity contribution in [3.8, 4) is 11.5 Å². The summed E-state index contributed by atoms with van der Waals surface area (Å²) in [6.45, 7) is 7.62. The predicted octanol–water partition coefficient (Wildman–Crippen LogP) is 2.40. The molecule has 1 aliphatic heterocycles. The molecule has 0 aromatic heterocycles. The summed E-state index contributed by atoms with van der Waals surface area (Å²) in [6.07, 6.45) is -0.507. The number of fused-ring (bicyclic) bond motifs is 1. The van der Waals surface area contributed by atoms with Crippen LogP contribution >= 0.6 is 0 Å². The molecule has 1 unspecified atom stereocenters. The zero-order chi connectivity index (χ0) is 17.9. The van der Waals surface area contributed by atoms with Gasteiger partial charge in [0.2, 0.25) is 6.79 Å². The number of likely N-dealkylation sites (N-methyl/N-ethyl adjacent to an activating group) is 1. The molecule has 0 fully saturated rings. The van der Waals surface area contributed by atoms with Crippen LogP contribution in [0, 0.1) is 0 Å². The number of hydrogen-bond acceptors (Lipinski definition) is 5. The largest absolute Gasteiger partial charge is 0.454 e. The SMILES string of the molecule is CC(CNC(=O)OC(C)(C)C)N(C)C(=O)c1cccc2c1OCO2. The number of nitrogens with one attached hydrogen (secondary N) is 1. The highest BCUT2D eigenvalue weighted by Gasteiger charge is 2.26. The number of amides is 2. The smallest absolute Gasteiger partial charge is 0.407 e. The van der Waals surface area contributed by atoms with Crippen molar-refractivity contribution in [2.24, 2.45) is 0 Å². The van der Waals surface area contributed by atoms with Crippen LogP contribution in [0.5, 0.6) is 11.5 Å². The molecule has 7 heteroatoms. The standard InChI is InChI=1S/C17H24N2O5/c1-11(9-18-16(21)24-17(2,3)4)19(5)15(20)12-7-6-8-13-14(12)23-10-22-13/h6-8,11H,9-10H2,1-5H3,(H,18,21). The molecule has 0 saturated carbocycles. The Balaban J connectivity index is 1.96. The number of rotatable bonds is 4. The normalized spacial score (nSPS) is 14.0. The van der Waals surface area contributed by atoms with Crippen LogP contribution in [-0.4, -0.2) is 48.9 Å². The van der Waals surface area contributed by atoms with E-state index in [-0.39, 0.29) is 25.3 Å².